The van der Waals surface area contributed by atoms with Gasteiger partial charge in [-0.05, 0) is 83.9 Å². The third kappa shape index (κ3) is 5.45. The molecule has 0 bridgehead atoms. The summed E-state index contributed by atoms with van der Waals surface area (Å²) in [5.74, 6) is 0.829. The van der Waals surface area contributed by atoms with Gasteiger partial charge in [0.1, 0.15) is 0 Å². The summed E-state index contributed by atoms with van der Waals surface area (Å²) in [4.78, 5) is 0. The van der Waals surface area contributed by atoms with Crippen molar-refractivity contribution >= 4 is 26.5 Å². The van der Waals surface area contributed by atoms with Gasteiger partial charge < -0.3 is 0 Å². The van der Waals surface area contributed by atoms with E-state index in [0.717, 1.165) is 17.2 Å². The van der Waals surface area contributed by atoms with Crippen LogP contribution in [0.15, 0.2) is 48.5 Å². The first kappa shape index (κ1) is 24.9. The lowest BCUT2D eigenvalue weighted by molar-refractivity contribution is 0.527. The van der Waals surface area contributed by atoms with Gasteiger partial charge in [0.2, 0.25) is 0 Å². The zero-order valence-corrected chi connectivity index (χ0v) is 23.2. The molecule has 1 aliphatic rings. The molecule has 0 aromatic heterocycles. The van der Waals surface area contributed by atoms with Crippen molar-refractivity contribution in [1.29, 1.82) is 0 Å². The third-order valence-corrected chi connectivity index (χ3v) is 14.5. The van der Waals surface area contributed by atoms with Crippen molar-refractivity contribution in [3.05, 3.63) is 59.7 Å². The molecule has 1 fully saturated rings. The molecule has 3 atom stereocenters. The van der Waals surface area contributed by atoms with Crippen LogP contribution in [0.25, 0.3) is 0 Å². The molecule has 0 radical (unpaired) electrons. The fourth-order valence-electron chi connectivity index (χ4n) is 6.43. The summed E-state index contributed by atoms with van der Waals surface area (Å²) in [6.07, 6.45) is 4.20. The minimum Gasteiger partial charge on any atom is -0.0924 e. The minimum absolute atomic E-state index is 0.109. The summed E-state index contributed by atoms with van der Waals surface area (Å²) in [7, 11) is -0.461. The summed E-state index contributed by atoms with van der Waals surface area (Å²) >= 11 is 0. The summed E-state index contributed by atoms with van der Waals surface area (Å²) in [6.45, 7) is 22.2. The molecule has 0 spiro atoms. The fraction of sp³-hybridized carbons (Fsp3) is 0.586. The fourth-order valence-corrected chi connectivity index (χ4v) is 15.4. The molecule has 170 valence electrons. The van der Waals surface area contributed by atoms with E-state index >= 15 is 0 Å². The Morgan fingerprint density at radius 3 is 1.61 bits per heavy atom. The van der Waals surface area contributed by atoms with Crippen LogP contribution in [0.3, 0.4) is 0 Å². The highest BCUT2D eigenvalue weighted by atomic mass is 31.1. The molecule has 2 aromatic rings. The van der Waals surface area contributed by atoms with Crippen molar-refractivity contribution in [3.63, 3.8) is 0 Å². The van der Waals surface area contributed by atoms with Crippen LogP contribution in [0, 0.1) is 19.8 Å². The third-order valence-electron chi connectivity index (χ3n) is 7.09. The van der Waals surface area contributed by atoms with Crippen LogP contribution in [-0.4, -0.2) is 21.6 Å². The Kier molecular flexibility index (Phi) is 7.77. The predicted octanol–water partition coefficient (Wildman–Crippen LogP) is 8.37. The highest BCUT2D eigenvalue weighted by Crippen LogP contribution is 2.67. The van der Waals surface area contributed by atoms with Gasteiger partial charge in [-0.15, -0.1) is 0 Å². The maximum atomic E-state index is 2.62. The molecule has 0 saturated heterocycles. The van der Waals surface area contributed by atoms with E-state index in [4.69, 9.17) is 0 Å². The second-order valence-electron chi connectivity index (χ2n) is 11.6. The Balaban J connectivity index is 2.09. The van der Waals surface area contributed by atoms with Crippen molar-refractivity contribution in [1.82, 2.24) is 0 Å². The van der Waals surface area contributed by atoms with Gasteiger partial charge in [0, 0.05) is 0 Å². The molecule has 2 heteroatoms. The van der Waals surface area contributed by atoms with Crippen molar-refractivity contribution in [2.45, 2.75) is 103 Å². The molecule has 0 heterocycles. The van der Waals surface area contributed by atoms with Gasteiger partial charge >= 0.3 is 0 Å². The maximum Gasteiger partial charge on any atom is -0.00943 e. The number of hydrogen-bond acceptors (Lipinski definition) is 0. The highest BCUT2D eigenvalue weighted by molar-refractivity contribution is 7.74. The molecule has 0 aliphatic heterocycles. The number of benzene rings is 2. The number of hydrogen-bond donors (Lipinski definition) is 0. The van der Waals surface area contributed by atoms with Crippen LogP contribution in [-0.2, 0) is 0 Å². The lowest BCUT2D eigenvalue weighted by Gasteiger charge is -2.49. The molecule has 2 unspecified atom stereocenters. The molecule has 1 aliphatic carbocycles. The monoisotopic (exact) mass is 454 g/mol. The molecular formula is C29H44P2. The van der Waals surface area contributed by atoms with Crippen molar-refractivity contribution in [2.24, 2.45) is 5.92 Å². The Labute approximate surface area is 195 Å². The van der Waals surface area contributed by atoms with Crippen molar-refractivity contribution in [2.75, 3.05) is 0 Å². The molecule has 2 aromatic carbocycles. The number of rotatable bonds is 5. The van der Waals surface area contributed by atoms with Gasteiger partial charge in [-0.2, -0.15) is 0 Å². The Morgan fingerprint density at radius 1 is 0.742 bits per heavy atom. The quantitative estimate of drug-likeness (QED) is 0.398. The molecular weight excluding hydrogens is 410 g/mol. The van der Waals surface area contributed by atoms with Crippen LogP contribution in [0.4, 0.5) is 0 Å². The first-order valence-corrected chi connectivity index (χ1v) is 14.9. The first-order chi connectivity index (χ1) is 14.4. The summed E-state index contributed by atoms with van der Waals surface area (Å²) in [6, 6.07) is 18.5. The molecule has 0 N–H and O–H groups in total. The lowest BCUT2D eigenvalue weighted by atomic mass is 10.0. The SMILES string of the molecule is Cc1ccccc1P(c1ccccc1C)C1CCCC1[C@@H](C)P(C(C)(C)C)C(C)(C)C. The second kappa shape index (κ2) is 9.65. The molecule has 0 nitrogen and oxygen atoms in total. The Hall–Kier alpha value is -0.700. The van der Waals surface area contributed by atoms with Gasteiger partial charge in [-0.3, -0.25) is 0 Å². The first-order valence-electron chi connectivity index (χ1n) is 12.1. The predicted molar refractivity (Wildman–Crippen MR) is 146 cm³/mol. The lowest BCUT2D eigenvalue weighted by Crippen LogP contribution is -2.37. The maximum absolute atomic E-state index is 2.62. The summed E-state index contributed by atoms with van der Waals surface area (Å²) in [5.41, 5.74) is 4.54. The van der Waals surface area contributed by atoms with E-state index in [-0.39, 0.29) is 15.8 Å². The average Bonchev–Trinajstić information content (AvgIpc) is 3.12. The minimum atomic E-state index is -0.352. The number of aryl methyl sites for hydroxylation is 2. The van der Waals surface area contributed by atoms with Gasteiger partial charge in [0.05, 0.1) is 0 Å². The zero-order chi connectivity index (χ0) is 23.0. The van der Waals surface area contributed by atoms with E-state index in [1.54, 1.807) is 10.6 Å². The largest absolute Gasteiger partial charge is 0.0924 e. The van der Waals surface area contributed by atoms with Crippen LogP contribution in [0.2, 0.25) is 0 Å². The van der Waals surface area contributed by atoms with Crippen LogP contribution in [0.1, 0.15) is 78.9 Å². The van der Waals surface area contributed by atoms with Gasteiger partial charge in [-0.1, -0.05) is 111 Å². The van der Waals surface area contributed by atoms with Crippen molar-refractivity contribution in [3.8, 4) is 0 Å². The van der Waals surface area contributed by atoms with Gasteiger partial charge in [0.25, 0.3) is 0 Å². The molecule has 1 saturated carbocycles. The molecule has 3 rings (SSSR count). The standard InChI is InChI=1S/C29H44P2/c1-21-15-10-12-18-25(21)30(26-19-13-11-16-22(26)2)27-20-14-17-24(27)23(3)31(28(4,5)6)29(7,8)9/h10-13,15-16,18-19,23-24,27H,14,17,20H2,1-9H3/t23-,24?,27?/m1/s1. The van der Waals surface area contributed by atoms with Gasteiger partial charge in [-0.25, -0.2) is 0 Å². The zero-order valence-electron chi connectivity index (χ0n) is 21.4. The van der Waals surface area contributed by atoms with Crippen LogP contribution >= 0.6 is 15.8 Å². The molecule has 0 amide bonds. The summed E-state index contributed by atoms with van der Waals surface area (Å²) < 4.78 is 0. The van der Waals surface area contributed by atoms with E-state index in [2.05, 4.69) is 111 Å². The summed E-state index contributed by atoms with van der Waals surface area (Å²) in [5, 5.41) is 4.00. The average molecular weight is 455 g/mol. The topological polar surface area (TPSA) is 0 Å². The van der Waals surface area contributed by atoms with Crippen LogP contribution in [0.5, 0.6) is 0 Å². The smallest absolute Gasteiger partial charge is 0.00943 e. The second-order valence-corrected chi connectivity index (χ2v) is 18.2. The Bertz CT molecular complexity index is 811. The molecule has 31 heavy (non-hydrogen) atoms. The normalized spacial score (nSPS) is 21.1. The van der Waals surface area contributed by atoms with E-state index < -0.39 is 0 Å². The highest BCUT2D eigenvalue weighted by Gasteiger charge is 2.46. The van der Waals surface area contributed by atoms with E-state index in [1.807, 2.05) is 0 Å². The van der Waals surface area contributed by atoms with E-state index in [1.165, 1.54) is 30.4 Å². The van der Waals surface area contributed by atoms with Crippen LogP contribution < -0.4 is 10.6 Å². The van der Waals surface area contributed by atoms with E-state index in [9.17, 15) is 0 Å². The van der Waals surface area contributed by atoms with Crippen molar-refractivity contribution < 1.29 is 0 Å². The Morgan fingerprint density at radius 2 is 1.19 bits per heavy atom. The van der Waals surface area contributed by atoms with E-state index in [0.29, 0.717) is 10.3 Å². The van der Waals surface area contributed by atoms with Gasteiger partial charge in [0.15, 0.2) is 0 Å².